The van der Waals surface area contributed by atoms with E-state index in [9.17, 15) is 0 Å². The van der Waals surface area contributed by atoms with E-state index in [2.05, 4.69) is 48.5 Å². The van der Waals surface area contributed by atoms with E-state index < -0.39 is 12.5 Å². The number of hydrogen-bond acceptors (Lipinski definition) is 4. The van der Waals surface area contributed by atoms with Crippen molar-refractivity contribution in [1.29, 1.82) is 0 Å². The SMILES string of the molecule is [2H]C([2H])([2H])C1(c2ccccc2)Oc2cccc(-c3ccc(-c4nc(-c5ccccc5)nc(-c5ccc(-c6ccccc6)cc5)n4)cc3)c2-c2ccccc21. The van der Waals surface area contributed by atoms with Crippen molar-refractivity contribution >= 4 is 0 Å². The Morgan fingerprint density at radius 2 is 0.863 bits per heavy atom. The lowest BCUT2D eigenvalue weighted by atomic mass is 9.79. The molecular weight excluding hydrogens is 623 g/mol. The summed E-state index contributed by atoms with van der Waals surface area (Å²) in [7, 11) is 0. The molecule has 2 heterocycles. The summed E-state index contributed by atoms with van der Waals surface area (Å²) >= 11 is 0. The third-order valence-corrected chi connectivity index (χ3v) is 9.42. The Balaban J connectivity index is 1.12. The number of benzene rings is 7. The molecule has 8 aromatic rings. The van der Waals surface area contributed by atoms with Gasteiger partial charge < -0.3 is 4.74 Å². The molecule has 1 aliphatic heterocycles. The zero-order valence-electron chi connectivity index (χ0n) is 30.6. The minimum Gasteiger partial charge on any atom is -0.477 e. The predicted molar refractivity (Wildman–Crippen MR) is 206 cm³/mol. The van der Waals surface area contributed by atoms with Crippen LogP contribution in [-0.2, 0) is 5.60 Å². The summed E-state index contributed by atoms with van der Waals surface area (Å²) in [5.74, 6) is 2.26. The van der Waals surface area contributed by atoms with Gasteiger partial charge in [-0.1, -0.05) is 176 Å². The Labute approximate surface area is 302 Å². The van der Waals surface area contributed by atoms with Gasteiger partial charge in [0.2, 0.25) is 0 Å². The van der Waals surface area contributed by atoms with E-state index in [-0.39, 0.29) is 0 Å². The highest BCUT2D eigenvalue weighted by atomic mass is 16.5. The van der Waals surface area contributed by atoms with Crippen LogP contribution in [0.15, 0.2) is 182 Å². The average molecular weight is 659 g/mol. The highest BCUT2D eigenvalue weighted by molar-refractivity contribution is 5.91. The van der Waals surface area contributed by atoms with Crippen molar-refractivity contribution in [2.75, 3.05) is 0 Å². The van der Waals surface area contributed by atoms with Crippen LogP contribution in [0.2, 0.25) is 0 Å². The molecule has 51 heavy (non-hydrogen) atoms. The summed E-state index contributed by atoms with van der Waals surface area (Å²) < 4.78 is 33.1. The molecule has 0 spiro atoms. The van der Waals surface area contributed by atoms with Gasteiger partial charge in [0.25, 0.3) is 0 Å². The van der Waals surface area contributed by atoms with Crippen LogP contribution >= 0.6 is 0 Å². The summed E-state index contributed by atoms with van der Waals surface area (Å²) in [6, 6.07) is 59.4. The molecule has 0 bridgehead atoms. The molecule has 0 saturated heterocycles. The van der Waals surface area contributed by atoms with E-state index in [1.165, 1.54) is 0 Å². The molecule has 0 radical (unpaired) electrons. The van der Waals surface area contributed by atoms with E-state index in [1.54, 1.807) is 0 Å². The van der Waals surface area contributed by atoms with Gasteiger partial charge in [0.05, 0.1) is 0 Å². The van der Waals surface area contributed by atoms with Crippen LogP contribution in [0.5, 0.6) is 5.75 Å². The number of nitrogens with zero attached hydrogens (tertiary/aromatic N) is 3. The summed E-state index contributed by atoms with van der Waals surface area (Å²) in [5.41, 5.74) is 7.97. The highest BCUT2D eigenvalue weighted by Crippen LogP contribution is 2.51. The van der Waals surface area contributed by atoms with Crippen LogP contribution in [0.3, 0.4) is 0 Å². The Hall–Kier alpha value is -6.65. The van der Waals surface area contributed by atoms with Crippen LogP contribution in [-0.4, -0.2) is 15.0 Å². The second kappa shape index (κ2) is 12.7. The molecule has 1 unspecified atom stereocenters. The van der Waals surface area contributed by atoms with E-state index in [4.69, 9.17) is 23.8 Å². The maximum Gasteiger partial charge on any atom is 0.164 e. The molecule has 1 aromatic heterocycles. The maximum absolute atomic E-state index is 8.78. The molecular formula is C47H33N3O. The lowest BCUT2D eigenvalue weighted by Crippen LogP contribution is -2.34. The van der Waals surface area contributed by atoms with Gasteiger partial charge in [-0.15, -0.1) is 0 Å². The maximum atomic E-state index is 8.78. The van der Waals surface area contributed by atoms with E-state index in [1.807, 2.05) is 133 Å². The van der Waals surface area contributed by atoms with Crippen LogP contribution in [0.4, 0.5) is 0 Å². The largest absolute Gasteiger partial charge is 0.477 e. The van der Waals surface area contributed by atoms with Gasteiger partial charge in [0.15, 0.2) is 23.1 Å². The van der Waals surface area contributed by atoms with Crippen LogP contribution < -0.4 is 4.74 Å². The quantitative estimate of drug-likeness (QED) is 0.178. The lowest BCUT2D eigenvalue weighted by Gasteiger charge is -2.39. The second-order valence-electron chi connectivity index (χ2n) is 12.6. The normalized spacial score (nSPS) is 15.7. The van der Waals surface area contributed by atoms with Gasteiger partial charge in [0.1, 0.15) is 5.75 Å². The Morgan fingerprint density at radius 3 is 1.47 bits per heavy atom. The third kappa shape index (κ3) is 5.57. The molecule has 242 valence electrons. The lowest BCUT2D eigenvalue weighted by molar-refractivity contribution is 0.129. The zero-order valence-corrected chi connectivity index (χ0v) is 27.6. The smallest absolute Gasteiger partial charge is 0.164 e. The fourth-order valence-electron chi connectivity index (χ4n) is 6.84. The molecule has 4 nitrogen and oxygen atoms in total. The fourth-order valence-corrected chi connectivity index (χ4v) is 6.84. The van der Waals surface area contributed by atoms with Gasteiger partial charge in [-0.3, -0.25) is 0 Å². The highest BCUT2D eigenvalue weighted by Gasteiger charge is 2.39. The van der Waals surface area contributed by atoms with E-state index in [0.29, 0.717) is 34.3 Å². The monoisotopic (exact) mass is 658 g/mol. The standard InChI is InChI=1S/C47H33N3O/c1-47(38-18-9-4-10-19-38)41-22-12-11-20-40(41)43-39(21-13-23-42(43)51-47)34-26-30-37(31-27-34)46-49-44(35-16-7-3-8-17-35)48-45(50-46)36-28-24-33(25-29-36)32-14-5-2-6-15-32/h2-31H,1H3/i1D3. The molecule has 0 fully saturated rings. The van der Waals surface area contributed by atoms with Crippen LogP contribution in [0.25, 0.3) is 67.5 Å². The second-order valence-corrected chi connectivity index (χ2v) is 12.6. The van der Waals surface area contributed by atoms with Crippen molar-refractivity contribution in [2.24, 2.45) is 0 Å². The molecule has 4 heteroatoms. The van der Waals surface area contributed by atoms with E-state index in [0.717, 1.165) is 50.1 Å². The first-order valence-corrected chi connectivity index (χ1v) is 16.9. The van der Waals surface area contributed by atoms with Crippen molar-refractivity contribution in [2.45, 2.75) is 12.5 Å². The molecule has 7 aromatic carbocycles. The molecule has 0 aliphatic carbocycles. The van der Waals surface area contributed by atoms with Crippen molar-refractivity contribution in [3.8, 4) is 73.3 Å². The minimum atomic E-state index is -2.49. The summed E-state index contributed by atoms with van der Waals surface area (Å²) in [4.78, 5) is 14.8. The third-order valence-electron chi connectivity index (χ3n) is 9.42. The number of rotatable bonds is 6. The van der Waals surface area contributed by atoms with Crippen molar-refractivity contribution in [3.05, 3.63) is 193 Å². The number of ether oxygens (including phenoxy) is 1. The van der Waals surface area contributed by atoms with E-state index >= 15 is 0 Å². The summed E-state index contributed by atoms with van der Waals surface area (Å²) in [6.07, 6.45) is 0. The average Bonchev–Trinajstić information content (AvgIpc) is 3.23. The van der Waals surface area contributed by atoms with Gasteiger partial charge in [0, 0.05) is 31.9 Å². The Morgan fingerprint density at radius 1 is 0.412 bits per heavy atom. The molecule has 1 atom stereocenters. The Bertz CT molecular complexity index is 2590. The number of hydrogen-bond donors (Lipinski definition) is 0. The zero-order chi connectivity index (χ0) is 36.7. The number of aromatic nitrogens is 3. The van der Waals surface area contributed by atoms with Gasteiger partial charge in [-0.25, -0.2) is 15.0 Å². The van der Waals surface area contributed by atoms with Gasteiger partial charge in [-0.05, 0) is 46.3 Å². The number of fused-ring (bicyclic) bond motifs is 3. The first-order valence-electron chi connectivity index (χ1n) is 18.4. The summed E-state index contributed by atoms with van der Waals surface area (Å²) in [6.45, 7) is -2.49. The molecule has 0 N–H and O–H groups in total. The first-order chi connectivity index (χ1) is 26.4. The fraction of sp³-hybridized carbons (Fsp3) is 0.0426. The van der Waals surface area contributed by atoms with Crippen LogP contribution in [0, 0.1) is 0 Å². The molecule has 1 aliphatic rings. The predicted octanol–water partition coefficient (Wildman–Crippen LogP) is 11.5. The van der Waals surface area contributed by atoms with Crippen molar-refractivity contribution in [1.82, 2.24) is 15.0 Å². The van der Waals surface area contributed by atoms with Crippen LogP contribution in [0.1, 0.15) is 22.1 Å². The first kappa shape index (κ1) is 27.2. The summed E-state index contributed by atoms with van der Waals surface area (Å²) in [5, 5.41) is 0. The van der Waals surface area contributed by atoms with Gasteiger partial charge >= 0.3 is 0 Å². The molecule has 0 saturated carbocycles. The molecule has 9 rings (SSSR count). The molecule has 0 amide bonds. The topological polar surface area (TPSA) is 47.9 Å². The Kier molecular flexibility index (Phi) is 6.76. The van der Waals surface area contributed by atoms with Crippen molar-refractivity contribution in [3.63, 3.8) is 0 Å². The minimum absolute atomic E-state index is 0.517. The van der Waals surface area contributed by atoms with Gasteiger partial charge in [-0.2, -0.15) is 0 Å². The van der Waals surface area contributed by atoms with Crippen molar-refractivity contribution < 1.29 is 8.85 Å².